The molecule has 4 aromatic rings. The van der Waals surface area contributed by atoms with Crippen LogP contribution in [-0.2, 0) is 51.4 Å². The predicted octanol–water partition coefficient (Wildman–Crippen LogP) is 6.69. The van der Waals surface area contributed by atoms with Crippen molar-refractivity contribution in [1.82, 2.24) is 19.9 Å². The molecule has 5 heterocycles. The zero-order valence-electron chi connectivity index (χ0n) is 28.8. The van der Waals surface area contributed by atoms with Crippen LogP contribution < -0.4 is 21.4 Å². The first-order valence-corrected chi connectivity index (χ1v) is 17.8. The van der Waals surface area contributed by atoms with Crippen LogP contribution in [0.15, 0.2) is 0 Å². The van der Waals surface area contributed by atoms with Crippen molar-refractivity contribution in [2.24, 2.45) is 0 Å². The second kappa shape index (κ2) is 14.1. The molecule has 0 spiro atoms. The van der Waals surface area contributed by atoms with Crippen LogP contribution in [0.4, 0.5) is 0 Å². The Kier molecular flexibility index (Phi) is 10.3. The number of H-pyrrole nitrogens is 4. The van der Waals surface area contributed by atoms with Crippen LogP contribution >= 0.6 is 0 Å². The van der Waals surface area contributed by atoms with E-state index in [1.165, 1.54) is 88.7 Å². The molecule has 0 atom stereocenters. The molecule has 0 saturated carbocycles. The van der Waals surface area contributed by atoms with Gasteiger partial charge in [0.1, 0.15) is 0 Å². The lowest BCUT2D eigenvalue weighted by Crippen LogP contribution is -2.14. The lowest BCUT2D eigenvalue weighted by atomic mass is 9.99. The fourth-order valence-corrected chi connectivity index (χ4v) is 7.80. The van der Waals surface area contributed by atoms with Gasteiger partial charge < -0.3 is 19.9 Å². The molecular weight excluding hydrogens is 536 g/mol. The average Bonchev–Trinajstić information content (AvgIpc) is 3.71. The van der Waals surface area contributed by atoms with Gasteiger partial charge in [-0.1, -0.05) is 81.1 Å². The smallest absolute Gasteiger partial charge is 0.0441 e. The fraction of sp³-hybridized carbons (Fsp3) is 0.500. The van der Waals surface area contributed by atoms with E-state index >= 15 is 0 Å². The molecule has 0 unspecified atom stereocenters. The predicted molar refractivity (Wildman–Crippen MR) is 189 cm³/mol. The van der Waals surface area contributed by atoms with Gasteiger partial charge in [0.05, 0.1) is 0 Å². The molecule has 0 radical (unpaired) electrons. The highest BCUT2D eigenvalue weighted by Crippen LogP contribution is 2.25. The fourth-order valence-electron chi connectivity index (χ4n) is 7.80. The van der Waals surface area contributed by atoms with Gasteiger partial charge in [0, 0.05) is 44.2 Å². The van der Waals surface area contributed by atoms with Crippen molar-refractivity contribution in [2.45, 2.75) is 132 Å². The third kappa shape index (κ3) is 5.85. The number of aromatic nitrogens is 4. The summed E-state index contributed by atoms with van der Waals surface area (Å²) in [6, 6.07) is 0. The third-order valence-corrected chi connectivity index (χ3v) is 9.70. The Morgan fingerprint density at radius 2 is 0.591 bits per heavy atom. The van der Waals surface area contributed by atoms with Crippen molar-refractivity contribution in [3.05, 3.63) is 88.7 Å². The second-order valence-electron chi connectivity index (χ2n) is 12.6. The topological polar surface area (TPSA) is 63.2 Å². The number of hydrogen-bond donors (Lipinski definition) is 4. The van der Waals surface area contributed by atoms with Crippen LogP contribution in [0.3, 0.4) is 0 Å². The van der Waals surface area contributed by atoms with Gasteiger partial charge in [0.2, 0.25) is 0 Å². The molecule has 0 amide bonds. The van der Waals surface area contributed by atoms with Crippen molar-refractivity contribution in [3.63, 3.8) is 0 Å². The van der Waals surface area contributed by atoms with Crippen LogP contribution in [0.25, 0.3) is 24.3 Å². The third-order valence-electron chi connectivity index (χ3n) is 9.70. The van der Waals surface area contributed by atoms with Crippen molar-refractivity contribution >= 4 is 24.3 Å². The molecule has 5 rings (SSSR count). The number of rotatable bonds is 12. The first-order chi connectivity index (χ1) is 21.5. The largest absolute Gasteiger partial charge is 0.355 e. The summed E-state index contributed by atoms with van der Waals surface area (Å²) < 4.78 is 0. The highest BCUT2D eigenvalue weighted by Gasteiger charge is 2.18. The molecule has 4 aromatic heterocycles. The molecule has 0 aromatic carbocycles. The SMILES string of the molecule is CCCc1c2[nH]c(c1CC)C=c1[nH]c(c(CC)c1CCC)=Cc1[nH]c(c(CC)c1CCC)C=c1[nH]c(c(CC)c1CCC)=C2. The van der Waals surface area contributed by atoms with Crippen molar-refractivity contribution in [3.8, 4) is 0 Å². The number of fused-ring (bicyclic) bond motifs is 8. The number of nitrogens with one attached hydrogen (secondary N) is 4. The standard InChI is InChI=1S/C40H56N4/c1-9-17-29-25(13-5)33-22-38-31(19-11-3)27(15-7)35(43-38)24-40-32(20-12-4)28(16-8)36(44-40)23-39-30(18-10-2)26(14-6)34(42-39)21-37(29)41-33/h21-24,41-44H,9-20H2,1-8H3. The highest BCUT2D eigenvalue weighted by molar-refractivity contribution is 5.65. The molecule has 44 heavy (non-hydrogen) atoms. The number of aromatic amines is 4. The first kappa shape index (κ1) is 32.0. The molecule has 4 nitrogen and oxygen atoms in total. The van der Waals surface area contributed by atoms with E-state index in [0.717, 1.165) is 77.0 Å². The van der Waals surface area contributed by atoms with Crippen LogP contribution in [0, 0.1) is 0 Å². The van der Waals surface area contributed by atoms with Gasteiger partial charge in [0.15, 0.2) is 0 Å². The van der Waals surface area contributed by atoms with E-state index in [1.807, 2.05) is 0 Å². The molecule has 4 N–H and O–H groups in total. The molecule has 8 bridgehead atoms. The Bertz CT molecular complexity index is 1710. The zero-order valence-corrected chi connectivity index (χ0v) is 28.8. The molecular formula is C40H56N4. The van der Waals surface area contributed by atoms with Crippen LogP contribution in [0.5, 0.6) is 0 Å². The van der Waals surface area contributed by atoms with Crippen LogP contribution in [0.2, 0.25) is 0 Å². The van der Waals surface area contributed by atoms with E-state index in [1.54, 1.807) is 0 Å². The molecule has 0 fully saturated rings. The van der Waals surface area contributed by atoms with Gasteiger partial charge in [0.25, 0.3) is 0 Å². The maximum atomic E-state index is 3.94. The summed E-state index contributed by atoms with van der Waals surface area (Å²) in [6.45, 7) is 18.5. The van der Waals surface area contributed by atoms with Gasteiger partial charge >= 0.3 is 0 Å². The van der Waals surface area contributed by atoms with Crippen LogP contribution in [-0.4, -0.2) is 19.9 Å². The lowest BCUT2D eigenvalue weighted by molar-refractivity contribution is 0.896. The Morgan fingerprint density at radius 3 is 0.886 bits per heavy atom. The summed E-state index contributed by atoms with van der Waals surface area (Å²) in [4.78, 5) is 15.8. The van der Waals surface area contributed by atoms with E-state index in [4.69, 9.17) is 0 Å². The van der Waals surface area contributed by atoms with E-state index in [0.29, 0.717) is 0 Å². The normalized spacial score (nSPS) is 12.5. The second-order valence-corrected chi connectivity index (χ2v) is 12.6. The average molecular weight is 593 g/mol. The summed E-state index contributed by atoms with van der Waals surface area (Å²) in [6.07, 6.45) is 22.6. The van der Waals surface area contributed by atoms with Crippen molar-refractivity contribution in [2.75, 3.05) is 0 Å². The molecule has 1 aliphatic heterocycles. The van der Waals surface area contributed by atoms with E-state index in [9.17, 15) is 0 Å². The minimum atomic E-state index is 1.02. The summed E-state index contributed by atoms with van der Waals surface area (Å²) >= 11 is 0. The van der Waals surface area contributed by atoms with Gasteiger partial charge in [-0.2, -0.15) is 0 Å². The Hall–Kier alpha value is -3.40. The van der Waals surface area contributed by atoms with Crippen molar-refractivity contribution < 1.29 is 0 Å². The maximum Gasteiger partial charge on any atom is 0.0441 e. The molecule has 236 valence electrons. The van der Waals surface area contributed by atoms with E-state index in [-0.39, 0.29) is 0 Å². The Balaban J connectivity index is 1.99. The zero-order chi connectivity index (χ0) is 31.4. The quantitative estimate of drug-likeness (QED) is 0.125. The van der Waals surface area contributed by atoms with E-state index in [2.05, 4.69) is 99.6 Å². The minimum absolute atomic E-state index is 1.02. The Labute approximate surface area is 264 Å². The number of hydrogen-bond acceptors (Lipinski definition) is 0. The molecule has 4 heteroatoms. The molecule has 0 saturated heterocycles. The Morgan fingerprint density at radius 1 is 0.318 bits per heavy atom. The summed E-state index contributed by atoms with van der Waals surface area (Å²) in [5.74, 6) is 0. The van der Waals surface area contributed by atoms with Gasteiger partial charge in [-0.3, -0.25) is 0 Å². The van der Waals surface area contributed by atoms with E-state index < -0.39 is 0 Å². The molecule has 1 aliphatic rings. The monoisotopic (exact) mass is 592 g/mol. The summed E-state index contributed by atoms with van der Waals surface area (Å²) in [7, 11) is 0. The van der Waals surface area contributed by atoms with Gasteiger partial charge in [-0.25, -0.2) is 0 Å². The van der Waals surface area contributed by atoms with Crippen LogP contribution in [0.1, 0.15) is 148 Å². The summed E-state index contributed by atoms with van der Waals surface area (Å²) in [5.41, 5.74) is 16.8. The van der Waals surface area contributed by atoms with Gasteiger partial charge in [-0.15, -0.1) is 0 Å². The minimum Gasteiger partial charge on any atom is -0.355 e. The molecule has 0 aliphatic carbocycles. The first-order valence-electron chi connectivity index (χ1n) is 17.8. The van der Waals surface area contributed by atoms with Crippen molar-refractivity contribution in [1.29, 1.82) is 0 Å². The maximum absolute atomic E-state index is 3.94. The summed E-state index contributed by atoms with van der Waals surface area (Å²) in [5, 5.41) is 5.05. The van der Waals surface area contributed by atoms with Gasteiger partial charge in [-0.05, 0) is 120 Å². The lowest BCUT2D eigenvalue weighted by Gasteiger charge is -2.04. The highest BCUT2D eigenvalue weighted by atomic mass is 14.8.